The Labute approximate surface area is 206 Å². The first-order valence-corrected chi connectivity index (χ1v) is 12.5. The standard InChI is InChI=1S/C14H19FN2O.C9H12N2O3S.ClH/c15-13-3-1-11(2-4-13)9-12-5-7-17(8-6-12)10-14(16)18;1-7(12)10-8-4-3-5-9(6-8)11-15(2,13)14;/h1-4,12H,5-10H2,(H2,16,18);3-6,11H,1-2H3,(H,10,12);1H. The topological polar surface area (TPSA) is 122 Å². The zero-order valence-corrected chi connectivity index (χ0v) is 20.9. The SMILES string of the molecule is CC(=O)Nc1cccc(NS(C)(=O)=O)c1.Cl.NC(=O)CN1CCC(Cc2ccc(F)cc2)CC1. The van der Waals surface area contributed by atoms with Crippen molar-refractivity contribution >= 4 is 45.6 Å². The summed E-state index contributed by atoms with van der Waals surface area (Å²) in [6.45, 7) is 3.60. The predicted molar refractivity (Wildman–Crippen MR) is 135 cm³/mol. The van der Waals surface area contributed by atoms with Gasteiger partial charge in [0.05, 0.1) is 18.5 Å². The van der Waals surface area contributed by atoms with Crippen molar-refractivity contribution in [2.24, 2.45) is 11.7 Å². The highest BCUT2D eigenvalue weighted by Gasteiger charge is 2.20. The fraction of sp³-hybridized carbons (Fsp3) is 0.391. The first-order chi connectivity index (χ1) is 15.5. The third-order valence-corrected chi connectivity index (χ3v) is 5.62. The van der Waals surface area contributed by atoms with Crippen molar-refractivity contribution < 1.29 is 22.4 Å². The Morgan fingerprint density at radius 1 is 1.09 bits per heavy atom. The van der Waals surface area contributed by atoms with Crippen molar-refractivity contribution in [3.05, 3.63) is 59.9 Å². The predicted octanol–water partition coefficient (Wildman–Crippen LogP) is 3.00. The molecule has 0 spiro atoms. The molecule has 0 unspecified atom stereocenters. The minimum Gasteiger partial charge on any atom is -0.369 e. The molecule has 1 aliphatic rings. The van der Waals surface area contributed by atoms with E-state index < -0.39 is 10.0 Å². The van der Waals surface area contributed by atoms with E-state index in [1.807, 2.05) is 12.1 Å². The number of carbonyl (C=O) groups excluding carboxylic acids is 2. The summed E-state index contributed by atoms with van der Waals surface area (Å²) in [4.78, 5) is 23.7. The molecular weight excluding hydrogens is 483 g/mol. The van der Waals surface area contributed by atoms with Gasteiger partial charge in [0, 0.05) is 12.6 Å². The molecule has 2 aromatic carbocycles. The second-order valence-electron chi connectivity index (χ2n) is 8.15. The van der Waals surface area contributed by atoms with Crippen molar-refractivity contribution in [3.63, 3.8) is 0 Å². The van der Waals surface area contributed by atoms with Gasteiger partial charge in [-0.25, -0.2) is 12.8 Å². The molecule has 0 saturated carbocycles. The van der Waals surface area contributed by atoms with E-state index in [2.05, 4.69) is 14.9 Å². The smallest absolute Gasteiger partial charge is 0.231 e. The number of anilines is 2. The van der Waals surface area contributed by atoms with E-state index in [1.54, 1.807) is 24.3 Å². The van der Waals surface area contributed by atoms with E-state index in [0.717, 1.165) is 38.6 Å². The van der Waals surface area contributed by atoms with Gasteiger partial charge in [-0.15, -0.1) is 12.4 Å². The van der Waals surface area contributed by atoms with Crippen molar-refractivity contribution in [1.82, 2.24) is 4.90 Å². The summed E-state index contributed by atoms with van der Waals surface area (Å²) in [6, 6.07) is 13.2. The molecule has 34 heavy (non-hydrogen) atoms. The van der Waals surface area contributed by atoms with Crippen molar-refractivity contribution in [2.45, 2.75) is 26.2 Å². The Morgan fingerprint density at radius 2 is 1.68 bits per heavy atom. The molecule has 0 atom stereocenters. The number of nitrogens with zero attached hydrogens (tertiary/aromatic N) is 1. The second kappa shape index (κ2) is 13.9. The van der Waals surface area contributed by atoms with Crippen LogP contribution in [0, 0.1) is 11.7 Å². The molecule has 1 heterocycles. The summed E-state index contributed by atoms with van der Waals surface area (Å²) >= 11 is 0. The number of primary amides is 1. The number of likely N-dealkylation sites (tertiary alicyclic amines) is 1. The zero-order chi connectivity index (χ0) is 24.4. The van der Waals surface area contributed by atoms with Gasteiger partial charge < -0.3 is 11.1 Å². The summed E-state index contributed by atoms with van der Waals surface area (Å²) in [5.41, 5.74) is 7.34. The van der Waals surface area contributed by atoms with Crippen LogP contribution in [0.15, 0.2) is 48.5 Å². The number of rotatable bonds is 7. The average Bonchev–Trinajstić information content (AvgIpc) is 2.70. The van der Waals surface area contributed by atoms with Crippen LogP contribution in [0.25, 0.3) is 0 Å². The third kappa shape index (κ3) is 12.0. The highest BCUT2D eigenvalue weighted by atomic mass is 35.5. The number of sulfonamides is 1. The van der Waals surface area contributed by atoms with E-state index in [4.69, 9.17) is 5.73 Å². The Morgan fingerprint density at radius 3 is 2.21 bits per heavy atom. The van der Waals surface area contributed by atoms with Crippen LogP contribution in [0.5, 0.6) is 0 Å². The maximum absolute atomic E-state index is 12.8. The molecule has 0 bridgehead atoms. The normalized spacial score (nSPS) is 14.2. The Balaban J connectivity index is 0.000000336. The van der Waals surface area contributed by atoms with Gasteiger partial charge in [-0.2, -0.15) is 0 Å². The number of carbonyl (C=O) groups is 2. The maximum atomic E-state index is 12.8. The molecule has 11 heteroatoms. The van der Waals surface area contributed by atoms with Crippen molar-refractivity contribution in [2.75, 3.05) is 35.9 Å². The van der Waals surface area contributed by atoms with Crippen LogP contribution < -0.4 is 15.8 Å². The molecule has 4 N–H and O–H groups in total. The van der Waals surface area contributed by atoms with Gasteiger partial charge in [0.1, 0.15) is 5.82 Å². The summed E-state index contributed by atoms with van der Waals surface area (Å²) in [6.07, 6.45) is 4.21. The van der Waals surface area contributed by atoms with E-state index in [0.29, 0.717) is 23.8 Å². The lowest BCUT2D eigenvalue weighted by atomic mass is 9.90. The molecule has 2 aromatic rings. The Hall–Kier alpha value is -2.69. The molecule has 0 aliphatic carbocycles. The first-order valence-electron chi connectivity index (χ1n) is 10.6. The number of nitrogens with one attached hydrogen (secondary N) is 2. The molecule has 0 aromatic heterocycles. The van der Waals surface area contributed by atoms with Crippen LogP contribution >= 0.6 is 12.4 Å². The molecule has 2 amide bonds. The molecule has 188 valence electrons. The van der Waals surface area contributed by atoms with Crippen LogP contribution in [0.3, 0.4) is 0 Å². The highest BCUT2D eigenvalue weighted by Crippen LogP contribution is 2.21. The molecule has 1 fully saturated rings. The number of piperidine rings is 1. The quantitative estimate of drug-likeness (QED) is 0.524. The zero-order valence-electron chi connectivity index (χ0n) is 19.3. The van der Waals surface area contributed by atoms with Crippen LogP contribution in [0.1, 0.15) is 25.3 Å². The van der Waals surface area contributed by atoms with Crippen molar-refractivity contribution in [1.29, 1.82) is 0 Å². The average molecular weight is 515 g/mol. The minimum absolute atomic E-state index is 0. The summed E-state index contributed by atoms with van der Waals surface area (Å²) in [5.74, 6) is -0.0203. The first kappa shape index (κ1) is 29.3. The summed E-state index contributed by atoms with van der Waals surface area (Å²) in [5, 5.41) is 2.56. The van der Waals surface area contributed by atoms with Crippen LogP contribution in [-0.2, 0) is 26.0 Å². The molecule has 1 saturated heterocycles. The number of halogens is 2. The fourth-order valence-corrected chi connectivity index (χ4v) is 4.16. The van der Waals surface area contributed by atoms with E-state index >= 15 is 0 Å². The molecule has 1 aliphatic heterocycles. The van der Waals surface area contributed by atoms with Gasteiger partial charge in [0.15, 0.2) is 0 Å². The number of hydrogen-bond donors (Lipinski definition) is 3. The van der Waals surface area contributed by atoms with Gasteiger partial charge >= 0.3 is 0 Å². The lowest BCUT2D eigenvalue weighted by Gasteiger charge is -2.31. The van der Waals surface area contributed by atoms with Gasteiger partial charge in [-0.05, 0) is 74.2 Å². The molecule has 8 nitrogen and oxygen atoms in total. The Kier molecular flexibility index (Phi) is 12.0. The van der Waals surface area contributed by atoms with Gasteiger partial charge in [-0.3, -0.25) is 19.2 Å². The number of benzene rings is 2. The minimum atomic E-state index is -3.29. The number of amides is 2. The maximum Gasteiger partial charge on any atom is 0.231 e. The van der Waals surface area contributed by atoms with Crippen LogP contribution in [-0.4, -0.2) is 51.0 Å². The summed E-state index contributed by atoms with van der Waals surface area (Å²) < 4.78 is 37.0. The lowest BCUT2D eigenvalue weighted by molar-refractivity contribution is -0.119. The molecule has 3 rings (SSSR count). The van der Waals surface area contributed by atoms with E-state index in [9.17, 15) is 22.4 Å². The van der Waals surface area contributed by atoms with E-state index in [1.165, 1.54) is 24.6 Å². The van der Waals surface area contributed by atoms with Crippen molar-refractivity contribution in [3.8, 4) is 0 Å². The molecule has 0 radical (unpaired) electrons. The highest BCUT2D eigenvalue weighted by molar-refractivity contribution is 7.92. The van der Waals surface area contributed by atoms with Gasteiger partial charge in [0.2, 0.25) is 21.8 Å². The van der Waals surface area contributed by atoms with Gasteiger partial charge in [0.25, 0.3) is 0 Å². The lowest BCUT2D eigenvalue weighted by Crippen LogP contribution is -2.39. The van der Waals surface area contributed by atoms with Crippen LogP contribution in [0.2, 0.25) is 0 Å². The summed E-state index contributed by atoms with van der Waals surface area (Å²) in [7, 11) is -3.29. The number of hydrogen-bond acceptors (Lipinski definition) is 5. The second-order valence-corrected chi connectivity index (χ2v) is 9.90. The van der Waals surface area contributed by atoms with Crippen LogP contribution in [0.4, 0.5) is 15.8 Å². The van der Waals surface area contributed by atoms with E-state index in [-0.39, 0.29) is 30.0 Å². The number of nitrogens with two attached hydrogens (primary N) is 1. The molecular formula is C23H32ClFN4O4S. The van der Waals surface area contributed by atoms with Gasteiger partial charge in [-0.1, -0.05) is 18.2 Å². The Bertz CT molecular complexity index is 1040. The third-order valence-electron chi connectivity index (χ3n) is 5.01. The largest absolute Gasteiger partial charge is 0.369 e. The monoisotopic (exact) mass is 514 g/mol. The fourth-order valence-electron chi connectivity index (χ4n) is 3.60.